The SMILES string of the molecule is COC(=O)CC(NC(=O)c1ccc(-c2ccc(C(F)(F)F)cc2)cc1)c1ccc(Oc2ccc(C#N)cc2)cc1. The smallest absolute Gasteiger partial charge is 0.416 e. The Bertz CT molecular complexity index is 1510. The van der Waals surface area contributed by atoms with Crippen LogP contribution in [0.4, 0.5) is 13.2 Å². The van der Waals surface area contributed by atoms with E-state index in [2.05, 4.69) is 5.32 Å². The zero-order valence-corrected chi connectivity index (χ0v) is 21.2. The predicted octanol–water partition coefficient (Wildman–Crippen LogP) is 7.07. The van der Waals surface area contributed by atoms with Crippen molar-refractivity contribution in [2.45, 2.75) is 18.6 Å². The van der Waals surface area contributed by atoms with E-state index in [-0.39, 0.29) is 6.42 Å². The van der Waals surface area contributed by atoms with Crippen molar-refractivity contribution in [2.75, 3.05) is 7.11 Å². The van der Waals surface area contributed by atoms with Gasteiger partial charge in [0.25, 0.3) is 5.91 Å². The number of rotatable bonds is 8. The molecule has 4 aromatic carbocycles. The molecule has 40 heavy (non-hydrogen) atoms. The number of methoxy groups -OCH3 is 1. The van der Waals surface area contributed by atoms with Crippen molar-refractivity contribution < 1.29 is 32.2 Å². The number of nitriles is 1. The number of ether oxygens (including phenoxy) is 2. The summed E-state index contributed by atoms with van der Waals surface area (Å²) in [6.45, 7) is 0. The van der Waals surface area contributed by atoms with Crippen LogP contribution >= 0.6 is 0 Å². The zero-order chi connectivity index (χ0) is 28.7. The van der Waals surface area contributed by atoms with E-state index in [1.165, 1.54) is 19.2 Å². The normalized spacial score (nSPS) is 11.7. The average Bonchev–Trinajstić information content (AvgIpc) is 2.97. The molecule has 0 aliphatic rings. The minimum absolute atomic E-state index is 0.109. The van der Waals surface area contributed by atoms with Gasteiger partial charge in [0.2, 0.25) is 0 Å². The van der Waals surface area contributed by atoms with Gasteiger partial charge in [-0.15, -0.1) is 0 Å². The molecule has 0 saturated carbocycles. The number of nitrogens with one attached hydrogen (secondary N) is 1. The van der Waals surface area contributed by atoms with Crippen molar-refractivity contribution in [1.82, 2.24) is 5.32 Å². The van der Waals surface area contributed by atoms with Gasteiger partial charge in [0.1, 0.15) is 11.5 Å². The molecule has 1 N–H and O–H groups in total. The molecule has 0 aromatic heterocycles. The second-order valence-electron chi connectivity index (χ2n) is 8.77. The lowest BCUT2D eigenvalue weighted by Crippen LogP contribution is -2.30. The molecule has 0 aliphatic heterocycles. The Hall–Kier alpha value is -5.10. The first-order valence-corrected chi connectivity index (χ1v) is 12.1. The molecule has 0 bridgehead atoms. The van der Waals surface area contributed by atoms with Crippen molar-refractivity contribution >= 4 is 11.9 Å². The van der Waals surface area contributed by atoms with Crippen molar-refractivity contribution in [2.24, 2.45) is 0 Å². The highest BCUT2D eigenvalue weighted by Gasteiger charge is 2.30. The number of nitrogens with zero attached hydrogens (tertiary/aromatic N) is 1. The van der Waals surface area contributed by atoms with Crippen LogP contribution in [0.1, 0.15) is 39.5 Å². The molecule has 1 atom stereocenters. The summed E-state index contributed by atoms with van der Waals surface area (Å²) in [4.78, 5) is 25.1. The van der Waals surface area contributed by atoms with Crippen molar-refractivity contribution in [3.63, 3.8) is 0 Å². The van der Waals surface area contributed by atoms with E-state index < -0.39 is 29.7 Å². The fraction of sp³-hybridized carbons (Fsp3) is 0.129. The van der Waals surface area contributed by atoms with Gasteiger partial charge in [0.15, 0.2) is 0 Å². The van der Waals surface area contributed by atoms with Gasteiger partial charge < -0.3 is 14.8 Å². The molecule has 4 aromatic rings. The fourth-order valence-corrected chi connectivity index (χ4v) is 3.91. The summed E-state index contributed by atoms with van der Waals surface area (Å²) in [6, 6.07) is 26.0. The number of halogens is 3. The lowest BCUT2D eigenvalue weighted by Gasteiger charge is -2.19. The Morgan fingerprint density at radius 3 is 1.85 bits per heavy atom. The monoisotopic (exact) mass is 544 g/mol. The second kappa shape index (κ2) is 12.2. The third-order valence-electron chi connectivity index (χ3n) is 6.10. The van der Waals surface area contributed by atoms with Crippen LogP contribution in [0.25, 0.3) is 11.1 Å². The van der Waals surface area contributed by atoms with Gasteiger partial charge in [0.05, 0.1) is 36.8 Å². The van der Waals surface area contributed by atoms with Gasteiger partial charge in [0, 0.05) is 5.56 Å². The maximum Gasteiger partial charge on any atom is 0.416 e. The second-order valence-corrected chi connectivity index (χ2v) is 8.77. The fourth-order valence-electron chi connectivity index (χ4n) is 3.91. The predicted molar refractivity (Wildman–Crippen MR) is 141 cm³/mol. The minimum atomic E-state index is -4.42. The Balaban J connectivity index is 1.46. The molecular formula is C31H23F3N2O4. The van der Waals surface area contributed by atoms with Crippen molar-refractivity contribution in [3.05, 3.63) is 119 Å². The lowest BCUT2D eigenvalue weighted by atomic mass is 10.0. The van der Waals surface area contributed by atoms with E-state index in [1.54, 1.807) is 72.8 Å². The summed E-state index contributed by atoms with van der Waals surface area (Å²) in [5.41, 5.74) is 1.95. The molecule has 0 saturated heterocycles. The average molecular weight is 545 g/mol. The van der Waals surface area contributed by atoms with Crippen molar-refractivity contribution in [1.29, 1.82) is 5.26 Å². The highest BCUT2D eigenvalue weighted by atomic mass is 19.4. The Labute approximate surface area is 228 Å². The summed E-state index contributed by atoms with van der Waals surface area (Å²) in [6.07, 6.45) is -4.53. The standard InChI is InChI=1S/C31H23F3N2O4/c1-39-29(37)18-28(23-10-16-27(17-11-23)40-26-14-2-20(19-35)3-15-26)36-30(38)24-6-4-21(5-7-24)22-8-12-25(13-9-22)31(32,33)34/h2-17,28H,18H2,1H3,(H,36,38). The van der Waals surface area contributed by atoms with Crippen LogP contribution in [0.15, 0.2) is 97.1 Å². The van der Waals surface area contributed by atoms with E-state index in [0.29, 0.717) is 39.3 Å². The largest absolute Gasteiger partial charge is 0.469 e. The molecule has 1 amide bonds. The Morgan fingerprint density at radius 2 is 1.35 bits per heavy atom. The number of hydrogen-bond acceptors (Lipinski definition) is 5. The molecule has 4 rings (SSSR count). The summed E-state index contributed by atoms with van der Waals surface area (Å²) < 4.78 is 49.1. The van der Waals surface area contributed by atoms with E-state index in [9.17, 15) is 22.8 Å². The van der Waals surface area contributed by atoms with Gasteiger partial charge >= 0.3 is 12.1 Å². The number of alkyl halides is 3. The first kappa shape index (κ1) is 27.9. The maximum absolute atomic E-state index is 13.0. The molecule has 0 radical (unpaired) electrons. The minimum Gasteiger partial charge on any atom is -0.469 e. The summed E-state index contributed by atoms with van der Waals surface area (Å²) in [7, 11) is 1.26. The van der Waals surface area contributed by atoms with E-state index in [1.807, 2.05) is 6.07 Å². The van der Waals surface area contributed by atoms with E-state index >= 15 is 0 Å². The maximum atomic E-state index is 13.0. The van der Waals surface area contributed by atoms with Crippen LogP contribution < -0.4 is 10.1 Å². The van der Waals surface area contributed by atoms with Gasteiger partial charge in [-0.2, -0.15) is 18.4 Å². The van der Waals surface area contributed by atoms with Crippen LogP contribution in [0.3, 0.4) is 0 Å². The summed E-state index contributed by atoms with van der Waals surface area (Å²) >= 11 is 0. The quantitative estimate of drug-likeness (QED) is 0.240. The molecule has 202 valence electrons. The summed E-state index contributed by atoms with van der Waals surface area (Å²) in [5.74, 6) is 0.119. The molecule has 1 unspecified atom stereocenters. The summed E-state index contributed by atoms with van der Waals surface area (Å²) in [5, 5.41) is 11.8. The first-order valence-electron chi connectivity index (χ1n) is 12.1. The third-order valence-corrected chi connectivity index (χ3v) is 6.10. The van der Waals surface area contributed by atoms with Gasteiger partial charge in [-0.05, 0) is 77.4 Å². The van der Waals surface area contributed by atoms with Gasteiger partial charge in [-0.3, -0.25) is 9.59 Å². The number of hydrogen-bond donors (Lipinski definition) is 1. The van der Waals surface area contributed by atoms with Crippen LogP contribution in [0.5, 0.6) is 11.5 Å². The lowest BCUT2D eigenvalue weighted by molar-refractivity contribution is -0.141. The van der Waals surface area contributed by atoms with Crippen LogP contribution in [-0.2, 0) is 15.7 Å². The number of esters is 1. The zero-order valence-electron chi connectivity index (χ0n) is 21.2. The van der Waals surface area contributed by atoms with E-state index in [0.717, 1.165) is 12.1 Å². The molecule has 0 heterocycles. The van der Waals surface area contributed by atoms with Gasteiger partial charge in [-0.25, -0.2) is 0 Å². The third kappa shape index (κ3) is 7.05. The molecule has 0 fully saturated rings. The topological polar surface area (TPSA) is 88.4 Å². The highest BCUT2D eigenvalue weighted by Crippen LogP contribution is 2.31. The van der Waals surface area contributed by atoms with Crippen LogP contribution in [-0.4, -0.2) is 19.0 Å². The number of benzene rings is 4. The molecule has 6 nitrogen and oxygen atoms in total. The first-order chi connectivity index (χ1) is 19.2. The molecular weight excluding hydrogens is 521 g/mol. The van der Waals surface area contributed by atoms with Crippen LogP contribution in [0.2, 0.25) is 0 Å². The highest BCUT2D eigenvalue weighted by molar-refractivity contribution is 5.95. The van der Waals surface area contributed by atoms with Crippen molar-refractivity contribution in [3.8, 4) is 28.7 Å². The van der Waals surface area contributed by atoms with Crippen LogP contribution in [0, 0.1) is 11.3 Å². The van der Waals surface area contributed by atoms with E-state index in [4.69, 9.17) is 14.7 Å². The van der Waals surface area contributed by atoms with Gasteiger partial charge in [-0.1, -0.05) is 36.4 Å². The number of carbonyl (C=O) groups is 2. The number of amides is 1. The number of carbonyl (C=O) groups excluding carboxylic acids is 2. The Morgan fingerprint density at radius 1 is 0.825 bits per heavy atom. The molecule has 0 aliphatic carbocycles. The Kier molecular flexibility index (Phi) is 8.50. The molecule has 9 heteroatoms. The molecule has 0 spiro atoms.